The molecule has 0 unspecified atom stereocenters. The molecular weight excluding hydrogens is 331 g/mol. The van der Waals surface area contributed by atoms with Crippen molar-refractivity contribution in [3.63, 3.8) is 0 Å². The highest BCUT2D eigenvalue weighted by Crippen LogP contribution is 2.38. The zero-order valence-corrected chi connectivity index (χ0v) is 12.4. The van der Waals surface area contributed by atoms with Crippen LogP contribution in [-0.4, -0.2) is 43.9 Å². The van der Waals surface area contributed by atoms with E-state index in [0.717, 1.165) is 6.07 Å². The topological polar surface area (TPSA) is 89.8 Å². The molecule has 0 saturated carbocycles. The highest BCUT2D eigenvalue weighted by atomic mass is 35.5. The average molecular weight is 341 g/mol. The van der Waals surface area contributed by atoms with Crippen LogP contribution in [0.25, 0.3) is 0 Å². The van der Waals surface area contributed by atoms with Crippen molar-refractivity contribution in [3.05, 3.63) is 32.3 Å². The molecule has 0 aromatic heterocycles. The van der Waals surface area contributed by atoms with Crippen molar-refractivity contribution >= 4 is 38.9 Å². The maximum atomic E-state index is 12.4. The monoisotopic (exact) mass is 340 g/mol. The van der Waals surface area contributed by atoms with Crippen molar-refractivity contribution in [1.82, 2.24) is 4.31 Å². The van der Waals surface area contributed by atoms with Gasteiger partial charge in [-0.05, 0) is 12.1 Å². The van der Waals surface area contributed by atoms with Crippen LogP contribution in [0.5, 0.6) is 0 Å². The summed E-state index contributed by atoms with van der Waals surface area (Å²) >= 11 is 11.5. The number of nitro groups is 1. The van der Waals surface area contributed by atoms with Crippen LogP contribution in [0.4, 0.5) is 5.69 Å². The molecule has 0 radical (unpaired) electrons. The van der Waals surface area contributed by atoms with Gasteiger partial charge in [0.15, 0.2) is 0 Å². The fraction of sp³-hybridized carbons (Fsp3) is 0.400. The van der Waals surface area contributed by atoms with Crippen molar-refractivity contribution in [2.24, 2.45) is 0 Å². The van der Waals surface area contributed by atoms with E-state index in [-0.39, 0.29) is 36.2 Å². The van der Waals surface area contributed by atoms with E-state index in [9.17, 15) is 18.5 Å². The van der Waals surface area contributed by atoms with Crippen LogP contribution in [0.2, 0.25) is 10.0 Å². The van der Waals surface area contributed by atoms with Gasteiger partial charge in [0.05, 0.1) is 18.1 Å². The molecule has 1 heterocycles. The molecule has 0 spiro atoms. The van der Waals surface area contributed by atoms with Gasteiger partial charge in [0.25, 0.3) is 0 Å². The minimum atomic E-state index is -3.91. The number of rotatable bonds is 3. The van der Waals surface area contributed by atoms with Gasteiger partial charge in [-0.25, -0.2) is 8.42 Å². The fourth-order valence-electron chi connectivity index (χ4n) is 1.82. The van der Waals surface area contributed by atoms with Gasteiger partial charge in [0, 0.05) is 13.1 Å². The maximum absolute atomic E-state index is 12.4. The Bertz CT molecular complexity index is 643. The molecule has 0 atom stereocenters. The molecule has 2 rings (SSSR count). The lowest BCUT2D eigenvalue weighted by Gasteiger charge is -2.26. The van der Waals surface area contributed by atoms with E-state index in [0.29, 0.717) is 0 Å². The first-order valence-corrected chi connectivity index (χ1v) is 7.75. The van der Waals surface area contributed by atoms with Crippen LogP contribution < -0.4 is 0 Å². The Morgan fingerprint density at radius 3 is 2.40 bits per heavy atom. The summed E-state index contributed by atoms with van der Waals surface area (Å²) in [6.45, 7) is 0.892. The van der Waals surface area contributed by atoms with Gasteiger partial charge in [-0.15, -0.1) is 0 Å². The van der Waals surface area contributed by atoms with Gasteiger partial charge in [0.2, 0.25) is 10.0 Å². The number of hydrogen-bond donors (Lipinski definition) is 0. The first-order chi connectivity index (χ1) is 9.35. The number of halogens is 2. The lowest BCUT2D eigenvalue weighted by atomic mass is 10.3. The van der Waals surface area contributed by atoms with E-state index in [1.54, 1.807) is 0 Å². The lowest BCUT2D eigenvalue weighted by molar-refractivity contribution is -0.384. The van der Waals surface area contributed by atoms with E-state index < -0.39 is 25.7 Å². The number of nitrogens with zero attached hydrogens (tertiary/aromatic N) is 2. The molecule has 20 heavy (non-hydrogen) atoms. The normalized spacial score (nSPS) is 17.1. The molecule has 110 valence electrons. The van der Waals surface area contributed by atoms with Gasteiger partial charge in [0.1, 0.15) is 14.9 Å². The summed E-state index contributed by atoms with van der Waals surface area (Å²) in [5.41, 5.74) is -0.609. The third-order valence-electron chi connectivity index (χ3n) is 2.80. The van der Waals surface area contributed by atoms with Gasteiger partial charge >= 0.3 is 5.69 Å². The Hall–Kier alpha value is -0.930. The van der Waals surface area contributed by atoms with Crippen LogP contribution in [0.3, 0.4) is 0 Å². The molecule has 10 heteroatoms. The van der Waals surface area contributed by atoms with Crippen LogP contribution in [0.1, 0.15) is 0 Å². The quantitative estimate of drug-likeness (QED) is 0.619. The highest BCUT2D eigenvalue weighted by Gasteiger charge is 2.32. The molecule has 7 nitrogen and oxygen atoms in total. The SMILES string of the molecule is O=[N+]([O-])c1c(Cl)ccc(S(=O)(=O)N2CCOCC2)c1Cl. The Morgan fingerprint density at radius 1 is 1.25 bits per heavy atom. The van der Waals surface area contributed by atoms with E-state index in [1.165, 1.54) is 10.4 Å². The molecule has 1 aliphatic heterocycles. The Kier molecular flexibility index (Phi) is 4.50. The standard InChI is InChI=1S/C10H10Cl2N2O5S/c11-7-1-2-8(9(12)10(7)14(15)16)20(17,18)13-3-5-19-6-4-13/h1-2H,3-6H2. The number of benzene rings is 1. The average Bonchev–Trinajstić information content (AvgIpc) is 2.39. The Balaban J connectivity index is 2.52. The van der Waals surface area contributed by atoms with Crippen molar-refractivity contribution < 1.29 is 18.1 Å². The van der Waals surface area contributed by atoms with Crippen molar-refractivity contribution in [2.45, 2.75) is 4.90 Å². The summed E-state index contributed by atoms with van der Waals surface area (Å²) < 4.78 is 31.1. The summed E-state index contributed by atoms with van der Waals surface area (Å²) in [5, 5.41) is 10.2. The zero-order chi connectivity index (χ0) is 14.9. The lowest BCUT2D eigenvalue weighted by Crippen LogP contribution is -2.40. The molecule has 0 aliphatic carbocycles. The third-order valence-corrected chi connectivity index (χ3v) is 5.54. The molecule has 1 fully saturated rings. The van der Waals surface area contributed by atoms with Gasteiger partial charge < -0.3 is 4.74 Å². The number of sulfonamides is 1. The summed E-state index contributed by atoms with van der Waals surface area (Å²) in [5.74, 6) is 0. The number of nitro benzene ring substituents is 1. The summed E-state index contributed by atoms with van der Waals surface area (Å²) in [6.07, 6.45) is 0. The van der Waals surface area contributed by atoms with Crippen LogP contribution >= 0.6 is 23.2 Å². The van der Waals surface area contributed by atoms with Crippen molar-refractivity contribution in [3.8, 4) is 0 Å². The third kappa shape index (κ3) is 2.75. The number of ether oxygens (including phenoxy) is 1. The second-order valence-corrected chi connectivity index (χ2v) is 6.67. The minimum Gasteiger partial charge on any atom is -0.379 e. The zero-order valence-electron chi connectivity index (χ0n) is 10.1. The molecule has 0 amide bonds. The van der Waals surface area contributed by atoms with Gasteiger partial charge in [-0.1, -0.05) is 23.2 Å². The Labute approximate surface area is 125 Å². The van der Waals surface area contributed by atoms with E-state index in [4.69, 9.17) is 27.9 Å². The smallest absolute Gasteiger partial charge is 0.307 e. The number of hydrogen-bond acceptors (Lipinski definition) is 5. The molecule has 1 saturated heterocycles. The van der Waals surface area contributed by atoms with Gasteiger partial charge in [-0.2, -0.15) is 4.31 Å². The summed E-state index contributed by atoms with van der Waals surface area (Å²) in [6, 6.07) is 2.32. The molecule has 1 aromatic rings. The highest BCUT2D eigenvalue weighted by molar-refractivity contribution is 7.89. The number of morpholine rings is 1. The summed E-state index contributed by atoms with van der Waals surface area (Å²) in [4.78, 5) is 9.78. The van der Waals surface area contributed by atoms with Crippen molar-refractivity contribution in [2.75, 3.05) is 26.3 Å². The molecule has 1 aromatic carbocycles. The van der Waals surface area contributed by atoms with Crippen molar-refractivity contribution in [1.29, 1.82) is 0 Å². The largest absolute Gasteiger partial charge is 0.379 e. The van der Waals surface area contributed by atoms with E-state index in [2.05, 4.69) is 0 Å². The second-order valence-electron chi connectivity index (χ2n) is 3.98. The fourth-order valence-corrected chi connectivity index (χ4v) is 4.09. The first-order valence-electron chi connectivity index (χ1n) is 5.56. The Morgan fingerprint density at radius 2 is 1.85 bits per heavy atom. The molecule has 0 N–H and O–H groups in total. The summed E-state index contributed by atoms with van der Waals surface area (Å²) in [7, 11) is -3.91. The molecular formula is C10H10Cl2N2O5S. The van der Waals surface area contributed by atoms with Crippen LogP contribution in [0.15, 0.2) is 17.0 Å². The predicted octanol–water partition coefficient (Wildman–Crippen LogP) is 1.92. The van der Waals surface area contributed by atoms with Crippen LogP contribution in [-0.2, 0) is 14.8 Å². The van der Waals surface area contributed by atoms with Gasteiger partial charge in [-0.3, -0.25) is 10.1 Å². The first kappa shape index (κ1) is 15.5. The predicted molar refractivity (Wildman–Crippen MR) is 72.7 cm³/mol. The maximum Gasteiger partial charge on any atom is 0.307 e. The molecule has 0 bridgehead atoms. The molecule has 1 aliphatic rings. The minimum absolute atomic E-state index is 0.176. The second kappa shape index (κ2) is 5.82. The van der Waals surface area contributed by atoms with Crippen LogP contribution in [0, 0.1) is 10.1 Å². The van der Waals surface area contributed by atoms with E-state index in [1.807, 2.05) is 0 Å². The van der Waals surface area contributed by atoms with E-state index >= 15 is 0 Å².